The van der Waals surface area contributed by atoms with Gasteiger partial charge in [-0.2, -0.15) is 0 Å². The second-order valence-electron chi connectivity index (χ2n) is 7.58. The zero-order chi connectivity index (χ0) is 19.1. The predicted octanol–water partition coefficient (Wildman–Crippen LogP) is 3.92. The zero-order valence-electron chi connectivity index (χ0n) is 15.6. The summed E-state index contributed by atoms with van der Waals surface area (Å²) in [4.78, 5) is 29.2. The molecule has 1 aromatic heterocycles. The standard InChI is InChI=1S/C21H24N2O3/c1-12-10-15-16(14-8-6-5-7-9-14)17(20(25)26)18(21(3,4)13(2)24)23-19(15)22-11-12/h5-9,12H,10-11H2,1-4H3,(H,22,23)(H,25,26). The monoisotopic (exact) mass is 352 g/mol. The van der Waals surface area contributed by atoms with Gasteiger partial charge in [-0.1, -0.05) is 37.3 Å². The number of Topliss-reactive ketones (excluding diaryl/α,β-unsaturated/α-hetero) is 1. The molecule has 2 N–H and O–H groups in total. The molecule has 26 heavy (non-hydrogen) atoms. The number of nitrogens with zero attached hydrogens (tertiary/aromatic N) is 1. The van der Waals surface area contributed by atoms with Crippen molar-refractivity contribution in [1.82, 2.24) is 4.98 Å². The van der Waals surface area contributed by atoms with E-state index in [4.69, 9.17) is 0 Å². The average molecular weight is 352 g/mol. The number of aromatic carboxylic acids is 1. The summed E-state index contributed by atoms with van der Waals surface area (Å²) in [6.45, 7) is 7.84. The highest BCUT2D eigenvalue weighted by molar-refractivity contribution is 6.02. The van der Waals surface area contributed by atoms with Crippen molar-refractivity contribution in [2.45, 2.75) is 39.5 Å². The van der Waals surface area contributed by atoms with Crippen molar-refractivity contribution in [2.75, 3.05) is 11.9 Å². The molecule has 0 spiro atoms. The maximum Gasteiger partial charge on any atom is 0.338 e. The highest BCUT2D eigenvalue weighted by atomic mass is 16.4. The van der Waals surface area contributed by atoms with Gasteiger partial charge in [0, 0.05) is 17.7 Å². The first-order chi connectivity index (χ1) is 12.2. The van der Waals surface area contributed by atoms with Gasteiger partial charge in [-0.3, -0.25) is 4.79 Å². The minimum Gasteiger partial charge on any atom is -0.478 e. The summed E-state index contributed by atoms with van der Waals surface area (Å²) in [6.07, 6.45) is 0.751. The highest BCUT2D eigenvalue weighted by Gasteiger charge is 2.37. The van der Waals surface area contributed by atoms with Gasteiger partial charge in [0.2, 0.25) is 0 Å². The van der Waals surface area contributed by atoms with E-state index in [1.807, 2.05) is 30.3 Å². The van der Waals surface area contributed by atoms with Crippen molar-refractivity contribution in [2.24, 2.45) is 5.92 Å². The molecule has 0 aliphatic carbocycles. The van der Waals surface area contributed by atoms with Crippen LogP contribution in [0.1, 0.15) is 49.3 Å². The molecule has 1 aromatic carbocycles. The van der Waals surface area contributed by atoms with Crippen LogP contribution in [0.4, 0.5) is 5.82 Å². The molecule has 1 aliphatic rings. The number of aromatic nitrogens is 1. The summed E-state index contributed by atoms with van der Waals surface area (Å²) in [6, 6.07) is 9.50. The second-order valence-corrected chi connectivity index (χ2v) is 7.58. The molecule has 0 bridgehead atoms. The number of hydrogen-bond acceptors (Lipinski definition) is 4. The summed E-state index contributed by atoms with van der Waals surface area (Å²) < 4.78 is 0. The lowest BCUT2D eigenvalue weighted by molar-refractivity contribution is -0.121. The number of pyridine rings is 1. The number of carbonyl (C=O) groups excluding carboxylic acids is 1. The van der Waals surface area contributed by atoms with Gasteiger partial charge in [-0.25, -0.2) is 9.78 Å². The molecule has 2 aromatic rings. The average Bonchev–Trinajstić information content (AvgIpc) is 2.60. The first kappa shape index (κ1) is 18.1. The van der Waals surface area contributed by atoms with Gasteiger partial charge < -0.3 is 10.4 Å². The number of benzene rings is 1. The first-order valence-electron chi connectivity index (χ1n) is 8.84. The van der Waals surface area contributed by atoms with Crippen molar-refractivity contribution in [3.8, 4) is 11.1 Å². The molecule has 1 unspecified atom stereocenters. The third-order valence-corrected chi connectivity index (χ3v) is 5.22. The lowest BCUT2D eigenvalue weighted by Crippen LogP contribution is -2.33. The van der Waals surface area contributed by atoms with Crippen molar-refractivity contribution < 1.29 is 14.7 Å². The lowest BCUT2D eigenvalue weighted by atomic mass is 9.78. The fourth-order valence-corrected chi connectivity index (χ4v) is 3.41. The molecule has 5 nitrogen and oxygen atoms in total. The quantitative estimate of drug-likeness (QED) is 0.872. The molecule has 1 aliphatic heterocycles. The molecule has 0 amide bonds. The van der Waals surface area contributed by atoms with Crippen LogP contribution in [0.15, 0.2) is 30.3 Å². The minimum absolute atomic E-state index is 0.115. The molecule has 0 radical (unpaired) electrons. The largest absolute Gasteiger partial charge is 0.478 e. The van der Waals surface area contributed by atoms with Crippen LogP contribution in [0.2, 0.25) is 0 Å². The Morgan fingerprint density at radius 1 is 1.23 bits per heavy atom. The molecule has 0 saturated carbocycles. The maximum absolute atomic E-state index is 12.3. The van der Waals surface area contributed by atoms with Crippen LogP contribution < -0.4 is 5.32 Å². The summed E-state index contributed by atoms with van der Waals surface area (Å²) in [5.74, 6) is -0.103. The number of carboxylic acids is 1. The Balaban J connectivity index is 2.43. The van der Waals surface area contributed by atoms with E-state index in [9.17, 15) is 14.7 Å². The predicted molar refractivity (Wildman–Crippen MR) is 102 cm³/mol. The van der Waals surface area contributed by atoms with E-state index in [0.717, 1.165) is 24.1 Å². The number of carboxylic acid groups (broad SMARTS) is 1. The molecule has 136 valence electrons. The van der Waals surface area contributed by atoms with Gasteiger partial charge in [0.15, 0.2) is 0 Å². The van der Waals surface area contributed by atoms with E-state index in [1.54, 1.807) is 13.8 Å². The molecule has 0 fully saturated rings. The van der Waals surface area contributed by atoms with E-state index in [-0.39, 0.29) is 11.3 Å². The lowest BCUT2D eigenvalue weighted by Gasteiger charge is -2.31. The first-order valence-corrected chi connectivity index (χ1v) is 8.84. The Kier molecular flexibility index (Phi) is 4.57. The molecule has 0 saturated heterocycles. The second kappa shape index (κ2) is 6.56. The number of fused-ring (bicyclic) bond motifs is 1. The van der Waals surface area contributed by atoms with E-state index < -0.39 is 11.4 Å². The Hall–Kier alpha value is -2.69. The van der Waals surface area contributed by atoms with Gasteiger partial charge >= 0.3 is 5.97 Å². The highest BCUT2D eigenvalue weighted by Crippen LogP contribution is 2.40. The van der Waals surface area contributed by atoms with Crippen LogP contribution in [0, 0.1) is 5.92 Å². The number of rotatable bonds is 4. The van der Waals surface area contributed by atoms with Crippen molar-refractivity contribution in [3.63, 3.8) is 0 Å². The summed E-state index contributed by atoms with van der Waals surface area (Å²) in [5.41, 5.74) is 1.88. The summed E-state index contributed by atoms with van der Waals surface area (Å²) >= 11 is 0. The van der Waals surface area contributed by atoms with Crippen molar-refractivity contribution in [1.29, 1.82) is 0 Å². The maximum atomic E-state index is 12.3. The smallest absolute Gasteiger partial charge is 0.338 e. The molecule has 1 atom stereocenters. The number of anilines is 1. The number of nitrogens with one attached hydrogen (secondary N) is 1. The van der Waals surface area contributed by atoms with Gasteiger partial charge in [-0.05, 0) is 38.7 Å². The van der Waals surface area contributed by atoms with E-state index in [0.29, 0.717) is 23.0 Å². The SMILES string of the molecule is CC(=O)C(C)(C)c1nc2c(c(-c3ccccc3)c1C(=O)O)CC(C)CN2. The molecule has 2 heterocycles. The normalized spacial score (nSPS) is 16.5. The van der Waals surface area contributed by atoms with Crippen LogP contribution >= 0.6 is 0 Å². The van der Waals surface area contributed by atoms with Crippen molar-refractivity contribution >= 4 is 17.6 Å². The molecular weight excluding hydrogens is 328 g/mol. The van der Waals surface area contributed by atoms with Crippen molar-refractivity contribution in [3.05, 3.63) is 47.2 Å². The summed E-state index contributed by atoms with van der Waals surface area (Å²) in [5, 5.41) is 13.4. The summed E-state index contributed by atoms with van der Waals surface area (Å²) in [7, 11) is 0. The van der Waals surface area contributed by atoms with Crippen LogP contribution in [-0.4, -0.2) is 28.4 Å². The Morgan fingerprint density at radius 3 is 2.46 bits per heavy atom. The number of hydrogen-bond donors (Lipinski definition) is 2. The molecular formula is C21H24N2O3. The Bertz CT molecular complexity index is 873. The number of carbonyl (C=O) groups is 2. The fraction of sp³-hybridized carbons (Fsp3) is 0.381. The van der Waals surface area contributed by atoms with Gasteiger partial charge in [0.25, 0.3) is 0 Å². The minimum atomic E-state index is -1.05. The Morgan fingerprint density at radius 2 is 1.88 bits per heavy atom. The fourth-order valence-electron chi connectivity index (χ4n) is 3.41. The number of ketones is 1. The molecule has 5 heteroatoms. The van der Waals surface area contributed by atoms with Crippen LogP contribution in [0.25, 0.3) is 11.1 Å². The van der Waals surface area contributed by atoms with Crippen LogP contribution in [-0.2, 0) is 16.6 Å². The van der Waals surface area contributed by atoms with E-state index in [1.165, 1.54) is 6.92 Å². The third-order valence-electron chi connectivity index (χ3n) is 5.22. The van der Waals surface area contributed by atoms with Gasteiger partial charge in [-0.15, -0.1) is 0 Å². The topological polar surface area (TPSA) is 79.3 Å². The van der Waals surface area contributed by atoms with E-state index >= 15 is 0 Å². The Labute approximate surface area is 153 Å². The van der Waals surface area contributed by atoms with E-state index in [2.05, 4.69) is 17.2 Å². The van der Waals surface area contributed by atoms with Gasteiger partial charge in [0.05, 0.1) is 16.7 Å². The van der Waals surface area contributed by atoms with Gasteiger partial charge in [0.1, 0.15) is 11.6 Å². The van der Waals surface area contributed by atoms with Crippen LogP contribution in [0.3, 0.4) is 0 Å². The van der Waals surface area contributed by atoms with Crippen LogP contribution in [0.5, 0.6) is 0 Å². The molecule has 3 rings (SSSR count). The third kappa shape index (κ3) is 2.98. The zero-order valence-corrected chi connectivity index (χ0v) is 15.6.